The third-order valence-corrected chi connectivity index (χ3v) is 4.35. The summed E-state index contributed by atoms with van der Waals surface area (Å²) < 4.78 is 4.66. The second-order valence-corrected chi connectivity index (χ2v) is 6.15. The van der Waals surface area contributed by atoms with Crippen molar-refractivity contribution in [1.29, 1.82) is 0 Å². The topological polar surface area (TPSA) is 26.3 Å². The largest absolute Gasteiger partial charge is 0.458 e. The number of hydrogen-bond donors (Lipinski definition) is 0. The van der Waals surface area contributed by atoms with E-state index in [1.54, 1.807) is 12.2 Å². The maximum atomic E-state index is 10.7. The Morgan fingerprint density at radius 3 is 2.16 bits per heavy atom. The summed E-state index contributed by atoms with van der Waals surface area (Å²) >= 11 is 0. The first-order valence-corrected chi connectivity index (χ1v) is 9.03. The molecule has 0 atom stereocenters. The van der Waals surface area contributed by atoms with E-state index in [4.69, 9.17) is 0 Å². The molecule has 0 fully saturated rings. The summed E-state index contributed by atoms with van der Waals surface area (Å²) in [6.07, 6.45) is 10.7. The average molecular weight is 303 g/mol. The van der Waals surface area contributed by atoms with Gasteiger partial charge >= 0.3 is 5.97 Å². The third kappa shape index (κ3) is 23.0. The molecule has 0 spiro atoms. The quantitative estimate of drug-likeness (QED) is 0.149. The van der Waals surface area contributed by atoms with Crippen LogP contribution in [0.1, 0.15) is 33.6 Å². The van der Waals surface area contributed by atoms with Gasteiger partial charge in [-0.25, -0.2) is 4.79 Å². The van der Waals surface area contributed by atoms with Crippen molar-refractivity contribution in [2.75, 3.05) is 18.1 Å². The lowest BCUT2D eigenvalue weighted by Crippen LogP contribution is -1.99. The molecule has 0 N–H and O–H groups in total. The number of carbonyl (C=O) groups excluding carboxylic acids is 1. The molecule has 0 amide bonds. The predicted molar refractivity (Wildman–Crippen MR) is 90.6 cm³/mol. The highest BCUT2D eigenvalue weighted by Crippen LogP contribution is 2.21. The SMILES string of the molecule is C=CCOC(=O)/C=C/C=C/C.CCCSSCCC. The zero-order chi connectivity index (χ0) is 14.8. The van der Waals surface area contributed by atoms with Gasteiger partial charge in [-0.2, -0.15) is 0 Å². The molecule has 0 saturated heterocycles. The highest BCUT2D eigenvalue weighted by molar-refractivity contribution is 8.76. The van der Waals surface area contributed by atoms with Crippen molar-refractivity contribution in [1.82, 2.24) is 0 Å². The van der Waals surface area contributed by atoms with Crippen LogP contribution in [0.3, 0.4) is 0 Å². The molecule has 0 aromatic heterocycles. The van der Waals surface area contributed by atoms with Gasteiger partial charge in [-0.15, -0.1) is 0 Å². The Labute approximate surface area is 126 Å². The molecule has 0 radical (unpaired) electrons. The van der Waals surface area contributed by atoms with Gasteiger partial charge in [0.05, 0.1) is 0 Å². The van der Waals surface area contributed by atoms with Crippen LogP contribution >= 0.6 is 21.6 Å². The van der Waals surface area contributed by atoms with Gasteiger partial charge in [0.25, 0.3) is 0 Å². The smallest absolute Gasteiger partial charge is 0.331 e. The van der Waals surface area contributed by atoms with E-state index < -0.39 is 0 Å². The second kappa shape index (κ2) is 19.7. The van der Waals surface area contributed by atoms with E-state index in [0.717, 1.165) is 0 Å². The van der Waals surface area contributed by atoms with E-state index in [0.29, 0.717) is 0 Å². The summed E-state index contributed by atoms with van der Waals surface area (Å²) in [4.78, 5) is 10.7. The van der Waals surface area contributed by atoms with E-state index in [1.807, 2.05) is 34.6 Å². The van der Waals surface area contributed by atoms with E-state index >= 15 is 0 Å². The minimum Gasteiger partial charge on any atom is -0.458 e. The Hall–Kier alpha value is -0.610. The summed E-state index contributed by atoms with van der Waals surface area (Å²) in [5.41, 5.74) is 0. The summed E-state index contributed by atoms with van der Waals surface area (Å²) in [7, 11) is 3.99. The van der Waals surface area contributed by atoms with Crippen LogP contribution in [0, 0.1) is 0 Å². The van der Waals surface area contributed by atoms with Crippen molar-refractivity contribution in [2.24, 2.45) is 0 Å². The molecule has 0 rings (SSSR count). The minimum absolute atomic E-state index is 0.263. The van der Waals surface area contributed by atoms with E-state index in [1.165, 1.54) is 36.5 Å². The number of carbonyl (C=O) groups is 1. The average Bonchev–Trinajstić information content (AvgIpc) is 2.42. The van der Waals surface area contributed by atoms with Crippen LogP contribution in [0.15, 0.2) is 37.0 Å². The fourth-order valence-corrected chi connectivity index (χ4v) is 3.00. The molecule has 110 valence electrons. The standard InChI is InChI=1S/C9H12O2.C6H14S2/c1-3-5-6-7-9(10)11-8-4-2;1-3-5-7-8-6-4-2/h3-7H,2,8H2,1H3;3-6H2,1-2H3/b5-3+,7-6+;. The molecule has 0 saturated carbocycles. The lowest BCUT2D eigenvalue weighted by atomic mass is 10.4. The number of esters is 1. The summed E-state index contributed by atoms with van der Waals surface area (Å²) in [6.45, 7) is 9.99. The molecule has 4 heteroatoms. The molecule has 2 nitrogen and oxygen atoms in total. The van der Waals surface area contributed by atoms with Crippen LogP contribution in [0.4, 0.5) is 0 Å². The van der Waals surface area contributed by atoms with Crippen molar-refractivity contribution < 1.29 is 9.53 Å². The minimum atomic E-state index is -0.344. The fourth-order valence-electron chi connectivity index (χ4n) is 0.719. The normalized spacial score (nSPS) is 10.3. The number of hydrogen-bond acceptors (Lipinski definition) is 4. The van der Waals surface area contributed by atoms with Crippen molar-refractivity contribution in [2.45, 2.75) is 33.6 Å². The molecule has 0 bridgehead atoms. The van der Waals surface area contributed by atoms with Crippen LogP contribution in [-0.4, -0.2) is 24.1 Å². The summed E-state index contributed by atoms with van der Waals surface area (Å²) in [6, 6.07) is 0. The second-order valence-electron chi connectivity index (χ2n) is 3.45. The van der Waals surface area contributed by atoms with Gasteiger partial charge in [0.2, 0.25) is 0 Å². The number of allylic oxidation sites excluding steroid dienone is 3. The number of rotatable bonds is 9. The predicted octanol–water partition coefficient (Wildman–Crippen LogP) is 5.04. The lowest BCUT2D eigenvalue weighted by Gasteiger charge is -1.93. The van der Waals surface area contributed by atoms with Gasteiger partial charge in [-0.05, 0) is 19.8 Å². The Morgan fingerprint density at radius 2 is 1.74 bits per heavy atom. The van der Waals surface area contributed by atoms with Gasteiger partial charge < -0.3 is 4.74 Å². The first-order chi connectivity index (χ1) is 9.22. The molecular weight excluding hydrogens is 276 g/mol. The third-order valence-electron chi connectivity index (χ3n) is 1.54. The molecule has 0 heterocycles. The van der Waals surface area contributed by atoms with E-state index in [-0.39, 0.29) is 12.6 Å². The van der Waals surface area contributed by atoms with Gasteiger partial charge in [0.15, 0.2) is 0 Å². The van der Waals surface area contributed by atoms with Crippen molar-refractivity contribution in [3.8, 4) is 0 Å². The first kappa shape index (κ1) is 20.7. The van der Waals surface area contributed by atoms with Gasteiger partial charge in [-0.3, -0.25) is 0 Å². The fraction of sp³-hybridized carbons (Fsp3) is 0.533. The van der Waals surface area contributed by atoms with Crippen molar-refractivity contribution >= 4 is 27.6 Å². The highest BCUT2D eigenvalue weighted by atomic mass is 33.1. The van der Waals surface area contributed by atoms with Gasteiger partial charge in [-0.1, -0.05) is 66.3 Å². The Morgan fingerprint density at radius 1 is 1.16 bits per heavy atom. The van der Waals surface area contributed by atoms with Gasteiger partial charge in [0.1, 0.15) is 6.61 Å². The molecule has 0 unspecified atom stereocenters. The summed E-state index contributed by atoms with van der Waals surface area (Å²) in [5, 5.41) is 0. The van der Waals surface area contributed by atoms with Crippen LogP contribution in [0.25, 0.3) is 0 Å². The van der Waals surface area contributed by atoms with Crippen LogP contribution < -0.4 is 0 Å². The first-order valence-electron chi connectivity index (χ1n) is 6.54. The van der Waals surface area contributed by atoms with Crippen LogP contribution in [0.2, 0.25) is 0 Å². The van der Waals surface area contributed by atoms with E-state index in [2.05, 4.69) is 25.2 Å². The Kier molecular flexibility index (Phi) is 21.5. The maximum absolute atomic E-state index is 10.7. The van der Waals surface area contributed by atoms with Crippen LogP contribution in [-0.2, 0) is 9.53 Å². The number of ether oxygens (including phenoxy) is 1. The zero-order valence-electron chi connectivity index (χ0n) is 12.3. The monoisotopic (exact) mass is 302 g/mol. The summed E-state index contributed by atoms with van der Waals surface area (Å²) in [5.74, 6) is 2.28. The van der Waals surface area contributed by atoms with E-state index in [9.17, 15) is 4.79 Å². The molecule has 0 aromatic rings. The zero-order valence-corrected chi connectivity index (χ0v) is 13.9. The lowest BCUT2D eigenvalue weighted by molar-refractivity contribution is -0.136. The molecule has 0 aliphatic rings. The molecule has 0 aliphatic heterocycles. The van der Waals surface area contributed by atoms with Crippen molar-refractivity contribution in [3.63, 3.8) is 0 Å². The van der Waals surface area contributed by atoms with Crippen molar-refractivity contribution in [3.05, 3.63) is 37.0 Å². The Bertz CT molecular complexity index is 255. The molecule has 0 aromatic carbocycles. The molecular formula is C15H26O2S2. The maximum Gasteiger partial charge on any atom is 0.331 e. The van der Waals surface area contributed by atoms with Crippen LogP contribution in [0.5, 0.6) is 0 Å². The molecule has 0 aliphatic carbocycles. The van der Waals surface area contributed by atoms with Gasteiger partial charge in [0, 0.05) is 17.6 Å². The highest BCUT2D eigenvalue weighted by Gasteiger charge is 1.90. The molecule has 19 heavy (non-hydrogen) atoms. The Balaban J connectivity index is 0.